The fourth-order valence-corrected chi connectivity index (χ4v) is 3.37. The molecule has 1 unspecified atom stereocenters. The van der Waals surface area contributed by atoms with Crippen molar-refractivity contribution in [3.63, 3.8) is 0 Å². The van der Waals surface area contributed by atoms with E-state index >= 15 is 0 Å². The number of amides is 1. The average Bonchev–Trinajstić information content (AvgIpc) is 2.33. The van der Waals surface area contributed by atoms with Crippen LogP contribution in [0.4, 0.5) is 0 Å². The molecule has 0 aliphatic carbocycles. The van der Waals surface area contributed by atoms with E-state index in [0.29, 0.717) is 13.0 Å². The smallest absolute Gasteiger partial charge is 0.224 e. The summed E-state index contributed by atoms with van der Waals surface area (Å²) in [5, 5.41) is 0. The van der Waals surface area contributed by atoms with Gasteiger partial charge in [-0.2, -0.15) is 0 Å². The van der Waals surface area contributed by atoms with Crippen LogP contribution < -0.4 is 5.73 Å². The molecule has 124 valence electrons. The Labute approximate surface area is 129 Å². The zero-order valence-corrected chi connectivity index (χ0v) is 14.6. The second-order valence-corrected chi connectivity index (χ2v) is 7.19. The van der Waals surface area contributed by atoms with E-state index in [-0.39, 0.29) is 23.2 Å². The maximum atomic E-state index is 12.4. The van der Waals surface area contributed by atoms with Gasteiger partial charge in [0.25, 0.3) is 0 Å². The highest BCUT2D eigenvalue weighted by Gasteiger charge is 2.40. The number of hydrogen-bond acceptors (Lipinski definition) is 4. The first-order chi connectivity index (χ1) is 9.64. The average molecular weight is 299 g/mol. The first-order valence-electron chi connectivity index (χ1n) is 8.06. The van der Waals surface area contributed by atoms with Crippen molar-refractivity contribution in [3.8, 4) is 0 Å². The lowest BCUT2D eigenvalue weighted by atomic mass is 9.96. The summed E-state index contributed by atoms with van der Waals surface area (Å²) in [5.41, 5.74) is 5.53. The van der Waals surface area contributed by atoms with Crippen LogP contribution in [0.3, 0.4) is 0 Å². The van der Waals surface area contributed by atoms with Crippen LogP contribution in [-0.4, -0.2) is 65.7 Å². The highest BCUT2D eigenvalue weighted by atomic mass is 16.5. The molecule has 1 saturated heterocycles. The zero-order chi connectivity index (χ0) is 16.3. The topological polar surface area (TPSA) is 58.8 Å². The fraction of sp³-hybridized carbons (Fsp3) is 0.938. The second-order valence-electron chi connectivity index (χ2n) is 7.19. The van der Waals surface area contributed by atoms with Crippen LogP contribution in [0.2, 0.25) is 0 Å². The number of rotatable bonds is 6. The monoisotopic (exact) mass is 299 g/mol. The molecule has 0 radical (unpaired) electrons. The highest BCUT2D eigenvalue weighted by molar-refractivity contribution is 5.76. The molecule has 2 N–H and O–H groups in total. The second kappa shape index (κ2) is 7.07. The third-order valence-corrected chi connectivity index (χ3v) is 4.04. The maximum Gasteiger partial charge on any atom is 0.224 e. The van der Waals surface area contributed by atoms with Gasteiger partial charge < -0.3 is 15.4 Å². The largest absolute Gasteiger partial charge is 0.367 e. The molecule has 0 aromatic carbocycles. The summed E-state index contributed by atoms with van der Waals surface area (Å²) >= 11 is 0. The SMILES string of the molecule is CCN(CC)C(=O)CC(CN)N1CC(C)(C)OC(C)(C)C1. The summed E-state index contributed by atoms with van der Waals surface area (Å²) in [5.74, 6) is 0.192. The molecular weight excluding hydrogens is 266 g/mol. The molecule has 0 saturated carbocycles. The number of morpholine rings is 1. The van der Waals surface area contributed by atoms with E-state index in [9.17, 15) is 4.79 Å². The minimum atomic E-state index is -0.215. The van der Waals surface area contributed by atoms with E-state index < -0.39 is 0 Å². The molecule has 1 aliphatic heterocycles. The number of nitrogens with two attached hydrogens (primary N) is 1. The van der Waals surface area contributed by atoms with E-state index in [2.05, 4.69) is 32.6 Å². The number of ether oxygens (including phenoxy) is 1. The van der Waals surface area contributed by atoms with Crippen LogP contribution in [0, 0.1) is 0 Å². The molecule has 0 bridgehead atoms. The first kappa shape index (κ1) is 18.4. The van der Waals surface area contributed by atoms with Gasteiger partial charge >= 0.3 is 0 Å². The fourth-order valence-electron chi connectivity index (χ4n) is 3.37. The van der Waals surface area contributed by atoms with Gasteiger partial charge in [0, 0.05) is 45.2 Å². The van der Waals surface area contributed by atoms with Crippen LogP contribution in [0.1, 0.15) is 48.0 Å². The molecule has 0 aromatic heterocycles. The first-order valence-corrected chi connectivity index (χ1v) is 8.06. The van der Waals surface area contributed by atoms with Gasteiger partial charge in [0.2, 0.25) is 5.91 Å². The van der Waals surface area contributed by atoms with Gasteiger partial charge in [-0.05, 0) is 41.5 Å². The van der Waals surface area contributed by atoms with Gasteiger partial charge in [-0.15, -0.1) is 0 Å². The van der Waals surface area contributed by atoms with Gasteiger partial charge in [0.05, 0.1) is 11.2 Å². The van der Waals surface area contributed by atoms with E-state index in [1.165, 1.54) is 0 Å². The van der Waals surface area contributed by atoms with Gasteiger partial charge in [-0.25, -0.2) is 0 Å². The lowest BCUT2D eigenvalue weighted by Gasteiger charge is -2.49. The number of carbonyl (C=O) groups excluding carboxylic acids is 1. The minimum Gasteiger partial charge on any atom is -0.367 e. The lowest BCUT2D eigenvalue weighted by molar-refractivity contribution is -0.188. The van der Waals surface area contributed by atoms with Crippen molar-refractivity contribution in [2.75, 3.05) is 32.7 Å². The van der Waals surface area contributed by atoms with E-state index in [1.54, 1.807) is 0 Å². The number of carbonyl (C=O) groups is 1. The summed E-state index contributed by atoms with van der Waals surface area (Å²) in [7, 11) is 0. The normalized spacial score (nSPS) is 22.8. The molecule has 5 heteroatoms. The Morgan fingerprint density at radius 1 is 1.19 bits per heavy atom. The van der Waals surface area contributed by atoms with Crippen LogP contribution in [-0.2, 0) is 9.53 Å². The molecule has 5 nitrogen and oxygen atoms in total. The van der Waals surface area contributed by atoms with Crippen LogP contribution in [0.25, 0.3) is 0 Å². The Hall–Kier alpha value is -0.650. The van der Waals surface area contributed by atoms with Gasteiger partial charge in [-0.3, -0.25) is 9.69 Å². The molecule has 1 amide bonds. The quantitative estimate of drug-likeness (QED) is 0.807. The van der Waals surface area contributed by atoms with E-state index in [0.717, 1.165) is 26.2 Å². The van der Waals surface area contributed by atoms with Gasteiger partial charge in [-0.1, -0.05) is 0 Å². The highest BCUT2D eigenvalue weighted by Crippen LogP contribution is 2.29. The van der Waals surface area contributed by atoms with Crippen molar-refractivity contribution >= 4 is 5.91 Å². The number of hydrogen-bond donors (Lipinski definition) is 1. The summed E-state index contributed by atoms with van der Waals surface area (Å²) in [6, 6.07) is 0.0838. The molecule has 0 aromatic rings. The third-order valence-electron chi connectivity index (χ3n) is 4.04. The molecule has 0 spiro atoms. The molecule has 1 fully saturated rings. The minimum absolute atomic E-state index is 0.0838. The molecule has 1 aliphatic rings. The van der Waals surface area contributed by atoms with Crippen molar-refractivity contribution in [3.05, 3.63) is 0 Å². The predicted molar refractivity (Wildman–Crippen MR) is 86.2 cm³/mol. The molecule has 21 heavy (non-hydrogen) atoms. The zero-order valence-electron chi connectivity index (χ0n) is 14.6. The summed E-state index contributed by atoms with van der Waals surface area (Å²) < 4.78 is 6.10. The van der Waals surface area contributed by atoms with Crippen LogP contribution >= 0.6 is 0 Å². The lowest BCUT2D eigenvalue weighted by Crippen LogP contribution is -2.61. The van der Waals surface area contributed by atoms with Crippen molar-refractivity contribution in [1.82, 2.24) is 9.80 Å². The Balaban J connectivity index is 2.77. The Bertz CT molecular complexity index is 335. The van der Waals surface area contributed by atoms with Crippen LogP contribution in [0.5, 0.6) is 0 Å². The Morgan fingerprint density at radius 2 is 1.67 bits per heavy atom. The van der Waals surface area contributed by atoms with Crippen molar-refractivity contribution in [2.45, 2.75) is 65.2 Å². The van der Waals surface area contributed by atoms with Crippen molar-refractivity contribution in [2.24, 2.45) is 5.73 Å². The molecule has 1 atom stereocenters. The van der Waals surface area contributed by atoms with E-state index in [1.807, 2.05) is 18.7 Å². The van der Waals surface area contributed by atoms with E-state index in [4.69, 9.17) is 10.5 Å². The van der Waals surface area contributed by atoms with Gasteiger partial charge in [0.1, 0.15) is 0 Å². The molecular formula is C16H33N3O2. The molecule has 1 heterocycles. The van der Waals surface area contributed by atoms with Crippen molar-refractivity contribution < 1.29 is 9.53 Å². The predicted octanol–water partition coefficient (Wildman–Crippen LogP) is 1.46. The Morgan fingerprint density at radius 3 is 2.05 bits per heavy atom. The van der Waals surface area contributed by atoms with Gasteiger partial charge in [0.15, 0.2) is 0 Å². The number of nitrogens with zero attached hydrogens (tertiary/aromatic N) is 2. The van der Waals surface area contributed by atoms with Crippen LogP contribution in [0.15, 0.2) is 0 Å². The third kappa shape index (κ3) is 5.24. The summed E-state index contributed by atoms with van der Waals surface area (Å²) in [6.07, 6.45) is 0.490. The standard InChI is InChI=1S/C16H33N3O2/c1-7-18(8-2)14(20)9-13(10-17)19-11-15(3,4)21-16(5,6)12-19/h13H,7-12,17H2,1-6H3. The van der Waals surface area contributed by atoms with Crippen molar-refractivity contribution in [1.29, 1.82) is 0 Å². The maximum absolute atomic E-state index is 12.4. The summed E-state index contributed by atoms with van der Waals surface area (Å²) in [6.45, 7) is 16.1. The molecule has 1 rings (SSSR count). The summed E-state index contributed by atoms with van der Waals surface area (Å²) in [4.78, 5) is 16.6. The Kier molecular flexibility index (Phi) is 6.20.